The highest BCUT2D eigenvalue weighted by Crippen LogP contribution is 2.28. The molecule has 0 aliphatic carbocycles. The predicted molar refractivity (Wildman–Crippen MR) is 61.0 cm³/mol. The normalized spacial score (nSPS) is 22.6. The summed E-state index contributed by atoms with van der Waals surface area (Å²) in [6.07, 6.45) is 3.65. The number of rotatable bonds is 3. The van der Waals surface area contributed by atoms with Gasteiger partial charge in [0.1, 0.15) is 0 Å². The van der Waals surface area contributed by atoms with Crippen molar-refractivity contribution in [1.82, 2.24) is 15.5 Å². The van der Waals surface area contributed by atoms with Crippen molar-refractivity contribution in [3.8, 4) is 0 Å². The van der Waals surface area contributed by atoms with E-state index >= 15 is 0 Å². The largest absolute Gasteiger partial charge is 0.338 e. The number of hydrogen-bond donors (Lipinski definition) is 1. The standard InChI is InChI=1S/C10H17N3OS/c1-11-7-9-12-10(13-14-9)8-3-2-5-15-6-4-8/h8,11H,2-7H2,1H3/t8-/m1/s1. The van der Waals surface area contributed by atoms with E-state index in [1.54, 1.807) is 0 Å². The van der Waals surface area contributed by atoms with Crippen LogP contribution in [0.5, 0.6) is 0 Å². The van der Waals surface area contributed by atoms with Crippen molar-refractivity contribution >= 4 is 11.8 Å². The maximum absolute atomic E-state index is 5.17. The summed E-state index contributed by atoms with van der Waals surface area (Å²) in [7, 11) is 1.88. The maximum atomic E-state index is 5.17. The molecule has 0 aromatic carbocycles. The highest BCUT2D eigenvalue weighted by atomic mass is 32.2. The molecule has 1 atom stereocenters. The summed E-state index contributed by atoms with van der Waals surface area (Å²) in [5.41, 5.74) is 0. The minimum atomic E-state index is 0.509. The van der Waals surface area contributed by atoms with Crippen LogP contribution in [0, 0.1) is 0 Å². The Morgan fingerprint density at radius 3 is 3.27 bits per heavy atom. The number of nitrogens with one attached hydrogen (secondary N) is 1. The Labute approximate surface area is 94.2 Å². The number of hydrogen-bond acceptors (Lipinski definition) is 5. The third-order valence-electron chi connectivity index (χ3n) is 2.63. The minimum Gasteiger partial charge on any atom is -0.338 e. The van der Waals surface area contributed by atoms with Gasteiger partial charge in [0.2, 0.25) is 5.89 Å². The van der Waals surface area contributed by atoms with E-state index in [0.717, 1.165) is 5.82 Å². The summed E-state index contributed by atoms with van der Waals surface area (Å²) in [5.74, 6) is 4.61. The first-order chi connectivity index (χ1) is 7.40. The Bertz CT molecular complexity index is 295. The molecule has 0 spiro atoms. The molecule has 1 fully saturated rings. The molecule has 5 heteroatoms. The Morgan fingerprint density at radius 2 is 2.40 bits per heavy atom. The topological polar surface area (TPSA) is 51.0 Å². The van der Waals surface area contributed by atoms with Crippen molar-refractivity contribution in [3.63, 3.8) is 0 Å². The lowest BCUT2D eigenvalue weighted by atomic mass is 10.0. The molecule has 1 aromatic rings. The molecule has 2 rings (SSSR count). The first kappa shape index (κ1) is 11.0. The van der Waals surface area contributed by atoms with Crippen molar-refractivity contribution in [1.29, 1.82) is 0 Å². The van der Waals surface area contributed by atoms with Crippen LogP contribution in [0.15, 0.2) is 4.52 Å². The molecular weight excluding hydrogens is 210 g/mol. The summed E-state index contributed by atoms with van der Waals surface area (Å²) in [6.45, 7) is 0.661. The Balaban J connectivity index is 2.00. The van der Waals surface area contributed by atoms with Crippen molar-refractivity contribution in [2.24, 2.45) is 0 Å². The fourth-order valence-electron chi connectivity index (χ4n) is 1.82. The summed E-state index contributed by atoms with van der Waals surface area (Å²) in [6, 6.07) is 0. The summed E-state index contributed by atoms with van der Waals surface area (Å²) >= 11 is 2.03. The van der Waals surface area contributed by atoms with Gasteiger partial charge in [-0.25, -0.2) is 0 Å². The smallest absolute Gasteiger partial charge is 0.240 e. The van der Waals surface area contributed by atoms with Gasteiger partial charge < -0.3 is 9.84 Å². The van der Waals surface area contributed by atoms with Crippen LogP contribution in [0.25, 0.3) is 0 Å². The first-order valence-electron chi connectivity index (χ1n) is 5.45. The average molecular weight is 227 g/mol. The summed E-state index contributed by atoms with van der Waals surface area (Å²) in [4.78, 5) is 4.42. The van der Waals surface area contributed by atoms with Crippen molar-refractivity contribution in [2.75, 3.05) is 18.6 Å². The fourth-order valence-corrected chi connectivity index (χ4v) is 2.84. The molecule has 0 radical (unpaired) electrons. The zero-order chi connectivity index (χ0) is 10.5. The van der Waals surface area contributed by atoms with Gasteiger partial charge in [-0.3, -0.25) is 0 Å². The SMILES string of the molecule is CNCc1nc([C@@H]2CCCSCC2)no1. The van der Waals surface area contributed by atoms with Crippen LogP contribution >= 0.6 is 11.8 Å². The first-order valence-corrected chi connectivity index (χ1v) is 6.60. The van der Waals surface area contributed by atoms with Gasteiger partial charge in [0.15, 0.2) is 5.82 Å². The molecule has 0 unspecified atom stereocenters. The van der Waals surface area contributed by atoms with E-state index in [0.29, 0.717) is 18.4 Å². The van der Waals surface area contributed by atoms with Gasteiger partial charge in [-0.05, 0) is 37.8 Å². The van der Waals surface area contributed by atoms with Crippen LogP contribution in [-0.2, 0) is 6.54 Å². The number of nitrogens with zero attached hydrogens (tertiary/aromatic N) is 2. The maximum Gasteiger partial charge on any atom is 0.240 e. The minimum absolute atomic E-state index is 0.509. The lowest BCUT2D eigenvalue weighted by molar-refractivity contribution is 0.362. The molecule has 1 saturated heterocycles. The highest BCUT2D eigenvalue weighted by molar-refractivity contribution is 7.99. The molecular formula is C10H17N3OS. The van der Waals surface area contributed by atoms with Crippen LogP contribution in [-0.4, -0.2) is 28.7 Å². The second kappa shape index (κ2) is 5.51. The van der Waals surface area contributed by atoms with E-state index in [1.165, 1.54) is 30.8 Å². The summed E-state index contributed by atoms with van der Waals surface area (Å²) < 4.78 is 5.17. The van der Waals surface area contributed by atoms with Crippen molar-refractivity contribution in [2.45, 2.75) is 31.7 Å². The Morgan fingerprint density at radius 1 is 1.47 bits per heavy atom. The van der Waals surface area contributed by atoms with Gasteiger partial charge in [-0.1, -0.05) is 5.16 Å². The van der Waals surface area contributed by atoms with Gasteiger partial charge in [0.25, 0.3) is 0 Å². The molecule has 4 nitrogen and oxygen atoms in total. The van der Waals surface area contributed by atoms with Crippen LogP contribution in [0.4, 0.5) is 0 Å². The Hall–Kier alpha value is -0.550. The quantitative estimate of drug-likeness (QED) is 0.853. The van der Waals surface area contributed by atoms with Crippen molar-refractivity contribution in [3.05, 3.63) is 11.7 Å². The third-order valence-corrected chi connectivity index (χ3v) is 3.73. The lowest BCUT2D eigenvalue weighted by Crippen LogP contribution is -2.06. The molecule has 0 amide bonds. The molecule has 1 N–H and O–H groups in total. The zero-order valence-electron chi connectivity index (χ0n) is 9.03. The van der Waals surface area contributed by atoms with E-state index in [1.807, 2.05) is 18.8 Å². The average Bonchev–Trinajstić information content (AvgIpc) is 2.53. The number of aromatic nitrogens is 2. The molecule has 0 bridgehead atoms. The Kier molecular flexibility index (Phi) is 4.02. The van der Waals surface area contributed by atoms with Gasteiger partial charge in [0.05, 0.1) is 6.54 Å². The van der Waals surface area contributed by atoms with Gasteiger partial charge in [-0.2, -0.15) is 16.7 Å². The van der Waals surface area contributed by atoms with Crippen LogP contribution in [0.3, 0.4) is 0 Å². The second-order valence-corrected chi connectivity index (χ2v) is 5.04. The zero-order valence-corrected chi connectivity index (χ0v) is 9.85. The lowest BCUT2D eigenvalue weighted by Gasteiger charge is -2.06. The summed E-state index contributed by atoms with van der Waals surface area (Å²) in [5, 5.41) is 7.08. The van der Waals surface area contributed by atoms with E-state index < -0.39 is 0 Å². The van der Waals surface area contributed by atoms with Crippen molar-refractivity contribution < 1.29 is 4.52 Å². The van der Waals surface area contributed by atoms with Gasteiger partial charge >= 0.3 is 0 Å². The van der Waals surface area contributed by atoms with Crippen LogP contribution in [0.1, 0.15) is 36.9 Å². The molecule has 15 heavy (non-hydrogen) atoms. The molecule has 1 aliphatic rings. The molecule has 84 valence electrons. The van der Waals surface area contributed by atoms with E-state index in [9.17, 15) is 0 Å². The number of thioether (sulfide) groups is 1. The molecule has 2 heterocycles. The van der Waals surface area contributed by atoms with Gasteiger partial charge in [0, 0.05) is 5.92 Å². The fraction of sp³-hybridized carbons (Fsp3) is 0.800. The second-order valence-electron chi connectivity index (χ2n) is 3.82. The van der Waals surface area contributed by atoms with Crippen LogP contribution < -0.4 is 5.32 Å². The van der Waals surface area contributed by atoms with E-state index in [4.69, 9.17) is 4.52 Å². The third kappa shape index (κ3) is 2.95. The van der Waals surface area contributed by atoms with Gasteiger partial charge in [-0.15, -0.1) is 0 Å². The van der Waals surface area contributed by atoms with E-state index in [-0.39, 0.29) is 0 Å². The predicted octanol–water partition coefficient (Wildman–Crippen LogP) is 1.79. The highest BCUT2D eigenvalue weighted by Gasteiger charge is 2.19. The monoisotopic (exact) mass is 227 g/mol. The molecule has 1 aromatic heterocycles. The van der Waals surface area contributed by atoms with E-state index in [2.05, 4.69) is 15.5 Å². The van der Waals surface area contributed by atoms with Crippen LogP contribution in [0.2, 0.25) is 0 Å². The molecule has 0 saturated carbocycles. The molecule has 1 aliphatic heterocycles.